The van der Waals surface area contributed by atoms with Crippen LogP contribution in [0, 0.1) is 0 Å². The monoisotopic (exact) mass is 355 g/mol. The number of hydrogen-bond acceptors (Lipinski definition) is 5. The molecule has 0 bridgehead atoms. The molecule has 0 radical (unpaired) electrons. The Labute approximate surface area is 143 Å². The number of hydrogen-bond donors (Lipinski definition) is 3. The molecule has 0 spiro atoms. The van der Waals surface area contributed by atoms with E-state index >= 15 is 0 Å². The first kappa shape index (κ1) is 18.7. The zero-order valence-corrected chi connectivity index (χ0v) is 14.9. The van der Waals surface area contributed by atoms with E-state index in [1.807, 2.05) is 0 Å². The SMILES string of the molecule is CNCCNC(=O)c1ccc(OC)c(S(=O)(=O)NC2CCCC2)c1. The molecule has 1 saturated carbocycles. The lowest BCUT2D eigenvalue weighted by Crippen LogP contribution is -2.33. The van der Waals surface area contributed by atoms with Gasteiger partial charge in [-0.15, -0.1) is 0 Å². The van der Waals surface area contributed by atoms with Crippen molar-refractivity contribution in [3.05, 3.63) is 23.8 Å². The third kappa shape index (κ3) is 4.68. The van der Waals surface area contributed by atoms with E-state index in [0.717, 1.165) is 25.7 Å². The summed E-state index contributed by atoms with van der Waals surface area (Å²) in [7, 11) is -0.531. The highest BCUT2D eigenvalue weighted by Crippen LogP contribution is 2.27. The Morgan fingerprint density at radius 3 is 2.58 bits per heavy atom. The van der Waals surface area contributed by atoms with Crippen molar-refractivity contribution in [3.63, 3.8) is 0 Å². The number of carbonyl (C=O) groups is 1. The van der Waals surface area contributed by atoms with Crippen molar-refractivity contribution in [1.82, 2.24) is 15.4 Å². The van der Waals surface area contributed by atoms with Crippen LogP contribution in [0.3, 0.4) is 0 Å². The van der Waals surface area contributed by atoms with Crippen molar-refractivity contribution in [2.75, 3.05) is 27.2 Å². The predicted molar refractivity (Wildman–Crippen MR) is 91.8 cm³/mol. The van der Waals surface area contributed by atoms with Crippen LogP contribution < -0.4 is 20.1 Å². The molecule has 0 heterocycles. The molecule has 1 aliphatic carbocycles. The summed E-state index contributed by atoms with van der Waals surface area (Å²) in [6, 6.07) is 4.39. The van der Waals surface area contributed by atoms with Gasteiger partial charge in [0.25, 0.3) is 5.91 Å². The second-order valence-corrected chi connectivity index (χ2v) is 7.51. The Morgan fingerprint density at radius 2 is 1.96 bits per heavy atom. The average molecular weight is 355 g/mol. The molecule has 1 aromatic rings. The molecule has 3 N–H and O–H groups in total. The van der Waals surface area contributed by atoms with Crippen LogP contribution in [0.5, 0.6) is 5.75 Å². The predicted octanol–water partition coefficient (Wildman–Crippen LogP) is 0.865. The van der Waals surface area contributed by atoms with Crippen LogP contribution in [-0.4, -0.2) is 47.6 Å². The summed E-state index contributed by atoms with van der Waals surface area (Å²) in [5.74, 6) is -0.0857. The lowest BCUT2D eigenvalue weighted by molar-refractivity contribution is 0.0954. The lowest BCUT2D eigenvalue weighted by atomic mass is 10.2. The van der Waals surface area contributed by atoms with Gasteiger partial charge in [-0.05, 0) is 38.1 Å². The van der Waals surface area contributed by atoms with Crippen molar-refractivity contribution in [2.24, 2.45) is 0 Å². The third-order valence-corrected chi connectivity index (χ3v) is 5.59. The number of benzene rings is 1. The van der Waals surface area contributed by atoms with E-state index in [-0.39, 0.29) is 22.6 Å². The molecule has 24 heavy (non-hydrogen) atoms. The summed E-state index contributed by atoms with van der Waals surface area (Å²) in [4.78, 5) is 12.1. The fraction of sp³-hybridized carbons (Fsp3) is 0.562. The van der Waals surface area contributed by atoms with Gasteiger partial charge in [-0.2, -0.15) is 0 Å². The molecule has 7 nitrogen and oxygen atoms in total. The Hall–Kier alpha value is -1.64. The first-order valence-electron chi connectivity index (χ1n) is 8.11. The molecular weight excluding hydrogens is 330 g/mol. The Bertz CT molecular complexity index is 670. The highest BCUT2D eigenvalue weighted by molar-refractivity contribution is 7.89. The highest BCUT2D eigenvalue weighted by atomic mass is 32.2. The number of sulfonamides is 1. The molecular formula is C16H25N3O4S. The number of rotatable bonds is 8. The van der Waals surface area contributed by atoms with Crippen molar-refractivity contribution >= 4 is 15.9 Å². The second-order valence-electron chi connectivity index (χ2n) is 5.83. The minimum Gasteiger partial charge on any atom is -0.495 e. The van der Waals surface area contributed by atoms with Crippen molar-refractivity contribution < 1.29 is 17.9 Å². The van der Waals surface area contributed by atoms with Gasteiger partial charge in [0.1, 0.15) is 10.6 Å². The molecule has 8 heteroatoms. The number of methoxy groups -OCH3 is 1. The summed E-state index contributed by atoms with van der Waals surface area (Å²) in [6.45, 7) is 1.10. The van der Waals surface area contributed by atoms with E-state index in [2.05, 4.69) is 15.4 Å². The van der Waals surface area contributed by atoms with Crippen LogP contribution in [0.1, 0.15) is 36.0 Å². The van der Waals surface area contributed by atoms with Crippen molar-refractivity contribution in [3.8, 4) is 5.75 Å². The summed E-state index contributed by atoms with van der Waals surface area (Å²) in [5, 5.41) is 5.66. The van der Waals surface area contributed by atoms with Gasteiger partial charge in [-0.1, -0.05) is 12.8 Å². The molecule has 1 fully saturated rings. The first-order valence-corrected chi connectivity index (χ1v) is 9.59. The summed E-state index contributed by atoms with van der Waals surface area (Å²) in [6.07, 6.45) is 3.73. The number of ether oxygens (including phenoxy) is 1. The molecule has 1 aromatic carbocycles. The van der Waals surface area contributed by atoms with Crippen LogP contribution >= 0.6 is 0 Å². The fourth-order valence-electron chi connectivity index (χ4n) is 2.76. The summed E-state index contributed by atoms with van der Waals surface area (Å²) in [5.41, 5.74) is 0.290. The van der Waals surface area contributed by atoms with Crippen molar-refractivity contribution in [1.29, 1.82) is 0 Å². The van der Waals surface area contributed by atoms with E-state index in [0.29, 0.717) is 18.7 Å². The minimum absolute atomic E-state index is 0.00170. The summed E-state index contributed by atoms with van der Waals surface area (Å²) >= 11 is 0. The van der Waals surface area contributed by atoms with Gasteiger partial charge in [-0.25, -0.2) is 13.1 Å². The van der Waals surface area contributed by atoms with Crippen LogP contribution in [0.4, 0.5) is 0 Å². The topological polar surface area (TPSA) is 96.5 Å². The largest absolute Gasteiger partial charge is 0.495 e. The number of amides is 1. The zero-order chi connectivity index (χ0) is 17.6. The van der Waals surface area contributed by atoms with Gasteiger partial charge in [0, 0.05) is 24.7 Å². The van der Waals surface area contributed by atoms with Crippen LogP contribution in [0.25, 0.3) is 0 Å². The third-order valence-electron chi connectivity index (χ3n) is 4.05. The van der Waals surface area contributed by atoms with Gasteiger partial charge in [0.05, 0.1) is 7.11 Å². The second kappa shape index (κ2) is 8.46. The number of likely N-dealkylation sites (N-methyl/N-ethyl adjacent to an activating group) is 1. The van der Waals surface area contributed by atoms with E-state index in [1.54, 1.807) is 13.1 Å². The van der Waals surface area contributed by atoms with Gasteiger partial charge in [-0.3, -0.25) is 4.79 Å². The molecule has 0 atom stereocenters. The zero-order valence-electron chi connectivity index (χ0n) is 14.1. The lowest BCUT2D eigenvalue weighted by Gasteiger charge is -2.15. The molecule has 2 rings (SSSR count). The van der Waals surface area contributed by atoms with E-state index in [9.17, 15) is 13.2 Å². The maximum atomic E-state index is 12.7. The maximum absolute atomic E-state index is 12.7. The highest BCUT2D eigenvalue weighted by Gasteiger charge is 2.26. The Morgan fingerprint density at radius 1 is 1.25 bits per heavy atom. The normalized spacial score (nSPS) is 15.4. The quantitative estimate of drug-likeness (QED) is 0.601. The van der Waals surface area contributed by atoms with Gasteiger partial charge >= 0.3 is 0 Å². The van der Waals surface area contributed by atoms with E-state index in [1.165, 1.54) is 19.2 Å². The minimum atomic E-state index is -3.73. The molecule has 0 aromatic heterocycles. The van der Waals surface area contributed by atoms with Crippen LogP contribution in [0.15, 0.2) is 23.1 Å². The molecule has 0 unspecified atom stereocenters. The Balaban J connectivity index is 2.23. The average Bonchev–Trinajstić information content (AvgIpc) is 3.06. The molecule has 0 saturated heterocycles. The van der Waals surface area contributed by atoms with E-state index < -0.39 is 10.0 Å². The smallest absolute Gasteiger partial charge is 0.251 e. The van der Waals surface area contributed by atoms with Crippen LogP contribution in [0.2, 0.25) is 0 Å². The van der Waals surface area contributed by atoms with Gasteiger partial charge < -0.3 is 15.4 Å². The molecule has 1 amide bonds. The van der Waals surface area contributed by atoms with Gasteiger partial charge in [0.2, 0.25) is 10.0 Å². The van der Waals surface area contributed by atoms with Crippen LogP contribution in [-0.2, 0) is 10.0 Å². The summed E-state index contributed by atoms with van der Waals surface area (Å²) < 4.78 is 33.2. The fourth-order valence-corrected chi connectivity index (χ4v) is 4.26. The number of nitrogens with one attached hydrogen (secondary N) is 3. The maximum Gasteiger partial charge on any atom is 0.251 e. The van der Waals surface area contributed by atoms with E-state index in [4.69, 9.17) is 4.74 Å². The molecule has 0 aliphatic heterocycles. The standard InChI is InChI=1S/C16H25N3O4S/c1-17-9-10-18-16(20)12-7-8-14(23-2)15(11-12)24(21,22)19-13-5-3-4-6-13/h7-8,11,13,17,19H,3-6,9-10H2,1-2H3,(H,18,20). The first-order chi connectivity index (χ1) is 11.5. The van der Waals surface area contributed by atoms with Gasteiger partial charge in [0.15, 0.2) is 0 Å². The molecule has 134 valence electrons. The van der Waals surface area contributed by atoms with Crippen molar-refractivity contribution in [2.45, 2.75) is 36.6 Å². The Kier molecular flexibility index (Phi) is 6.59. The molecule has 1 aliphatic rings. The number of carbonyl (C=O) groups excluding carboxylic acids is 1.